The van der Waals surface area contributed by atoms with E-state index in [4.69, 9.17) is 16.2 Å². The summed E-state index contributed by atoms with van der Waals surface area (Å²) in [7, 11) is -4.47. The van der Waals surface area contributed by atoms with Gasteiger partial charge in [-0.2, -0.15) is 8.42 Å². The van der Waals surface area contributed by atoms with E-state index in [0.29, 0.717) is 10.4 Å². The Morgan fingerprint density at radius 2 is 1.81 bits per heavy atom. The van der Waals surface area contributed by atoms with Gasteiger partial charge in [-0.15, -0.1) is 0 Å². The first-order chi connectivity index (χ1) is 7.39. The normalized spacial score (nSPS) is 11.9. The Labute approximate surface area is 96.8 Å². The molecule has 2 rings (SSSR count). The van der Waals surface area contributed by atoms with E-state index in [1.807, 2.05) is 0 Å². The third kappa shape index (κ3) is 1.84. The van der Waals surface area contributed by atoms with Crippen LogP contribution in [0.2, 0.25) is 5.02 Å². The number of aromatic hydroxyl groups is 1. The molecule has 0 fully saturated rings. The zero-order valence-electron chi connectivity index (χ0n) is 7.88. The van der Waals surface area contributed by atoms with Crippen LogP contribution in [0.5, 0.6) is 5.75 Å². The Kier molecular flexibility index (Phi) is 2.53. The molecule has 0 radical (unpaired) electrons. The number of hydrogen-bond acceptors (Lipinski definition) is 3. The second kappa shape index (κ2) is 3.62. The lowest BCUT2D eigenvalue weighted by Gasteiger charge is -2.06. The number of rotatable bonds is 1. The van der Waals surface area contributed by atoms with Crippen LogP contribution in [0.15, 0.2) is 35.2 Å². The maximum atomic E-state index is 11.1. The first-order valence-corrected chi connectivity index (χ1v) is 6.10. The van der Waals surface area contributed by atoms with Crippen molar-refractivity contribution in [2.24, 2.45) is 0 Å². The first-order valence-electron chi connectivity index (χ1n) is 4.28. The highest BCUT2D eigenvalue weighted by atomic mass is 35.5. The summed E-state index contributed by atoms with van der Waals surface area (Å²) < 4.78 is 31.2. The minimum absolute atomic E-state index is 0.229. The van der Waals surface area contributed by atoms with Gasteiger partial charge in [0.25, 0.3) is 10.1 Å². The second-order valence-corrected chi connectivity index (χ2v) is 5.05. The molecule has 2 aromatic rings. The van der Waals surface area contributed by atoms with Crippen molar-refractivity contribution in [1.29, 1.82) is 0 Å². The summed E-state index contributed by atoms with van der Waals surface area (Å²) in [5.74, 6) is -0.489. The van der Waals surface area contributed by atoms with Crippen LogP contribution < -0.4 is 0 Å². The van der Waals surface area contributed by atoms with Crippen LogP contribution in [0.25, 0.3) is 10.8 Å². The van der Waals surface area contributed by atoms with Crippen molar-refractivity contribution in [2.75, 3.05) is 0 Å². The summed E-state index contributed by atoms with van der Waals surface area (Å²) in [6, 6.07) is 7.18. The standard InChI is InChI=1S/C10H7ClO4S/c11-7-2-3-8-6(5-7)1-4-9(12)10(8)16(13,14)15/h1-5,12H,(H,13,14,15). The molecule has 6 heteroatoms. The summed E-state index contributed by atoms with van der Waals surface area (Å²) >= 11 is 5.75. The van der Waals surface area contributed by atoms with E-state index in [9.17, 15) is 13.5 Å². The fraction of sp³-hybridized carbons (Fsp3) is 0. The molecule has 0 aromatic heterocycles. The van der Waals surface area contributed by atoms with E-state index < -0.39 is 20.8 Å². The van der Waals surface area contributed by atoms with Crippen LogP contribution >= 0.6 is 11.6 Å². The molecule has 0 aliphatic carbocycles. The van der Waals surface area contributed by atoms with Crippen LogP contribution in [-0.2, 0) is 10.1 Å². The van der Waals surface area contributed by atoms with Gasteiger partial charge in [0.1, 0.15) is 10.6 Å². The van der Waals surface area contributed by atoms with E-state index in [1.165, 1.54) is 24.3 Å². The number of phenols is 1. The highest BCUT2D eigenvalue weighted by Crippen LogP contribution is 2.32. The van der Waals surface area contributed by atoms with Gasteiger partial charge in [-0.05, 0) is 23.6 Å². The Balaban J connectivity index is 2.97. The van der Waals surface area contributed by atoms with E-state index in [2.05, 4.69) is 0 Å². The lowest BCUT2D eigenvalue weighted by Crippen LogP contribution is -1.99. The second-order valence-electron chi connectivity index (χ2n) is 3.25. The lowest BCUT2D eigenvalue weighted by atomic mass is 10.1. The number of halogens is 1. The number of hydrogen-bond donors (Lipinski definition) is 2. The van der Waals surface area contributed by atoms with Gasteiger partial charge in [0.15, 0.2) is 0 Å². The number of benzene rings is 2. The highest BCUT2D eigenvalue weighted by molar-refractivity contribution is 7.86. The molecular formula is C10H7ClO4S. The average Bonchev–Trinajstić information content (AvgIpc) is 2.16. The molecule has 0 saturated carbocycles. The first kappa shape index (κ1) is 11.2. The summed E-state index contributed by atoms with van der Waals surface area (Å²) in [6.07, 6.45) is 0. The van der Waals surface area contributed by atoms with E-state index in [1.54, 1.807) is 6.07 Å². The van der Waals surface area contributed by atoms with Crippen LogP contribution in [0, 0.1) is 0 Å². The molecule has 0 saturated heterocycles. The van der Waals surface area contributed by atoms with E-state index in [0.717, 1.165) is 0 Å². The van der Waals surface area contributed by atoms with Crippen molar-refractivity contribution in [3.05, 3.63) is 35.4 Å². The molecule has 0 heterocycles. The van der Waals surface area contributed by atoms with Crippen molar-refractivity contribution < 1.29 is 18.1 Å². The minimum atomic E-state index is -4.47. The van der Waals surface area contributed by atoms with Crippen molar-refractivity contribution in [3.8, 4) is 5.75 Å². The summed E-state index contributed by atoms with van der Waals surface area (Å²) in [4.78, 5) is -0.498. The quantitative estimate of drug-likeness (QED) is 0.771. The van der Waals surface area contributed by atoms with Gasteiger partial charge in [0.05, 0.1) is 0 Å². The van der Waals surface area contributed by atoms with Crippen molar-refractivity contribution in [1.82, 2.24) is 0 Å². The Hall–Kier alpha value is -1.30. The van der Waals surface area contributed by atoms with Crippen LogP contribution in [0.1, 0.15) is 0 Å². The van der Waals surface area contributed by atoms with E-state index >= 15 is 0 Å². The third-order valence-electron chi connectivity index (χ3n) is 2.17. The fourth-order valence-electron chi connectivity index (χ4n) is 1.53. The molecule has 0 aliphatic rings. The predicted molar refractivity (Wildman–Crippen MR) is 60.4 cm³/mol. The monoisotopic (exact) mass is 258 g/mol. The molecule has 16 heavy (non-hydrogen) atoms. The maximum absolute atomic E-state index is 11.1. The molecule has 2 N–H and O–H groups in total. The molecule has 0 atom stereocenters. The molecule has 84 valence electrons. The SMILES string of the molecule is O=S(=O)(O)c1c(O)ccc2cc(Cl)ccc12. The van der Waals surface area contributed by atoms with Crippen LogP contribution in [-0.4, -0.2) is 18.1 Å². The van der Waals surface area contributed by atoms with Gasteiger partial charge >= 0.3 is 0 Å². The molecule has 0 aliphatic heterocycles. The zero-order chi connectivity index (χ0) is 11.9. The van der Waals surface area contributed by atoms with Gasteiger partial charge in [-0.3, -0.25) is 4.55 Å². The van der Waals surface area contributed by atoms with Gasteiger partial charge in [-0.25, -0.2) is 0 Å². The van der Waals surface area contributed by atoms with Crippen LogP contribution in [0.4, 0.5) is 0 Å². The average molecular weight is 259 g/mol. The van der Waals surface area contributed by atoms with Gasteiger partial charge in [0.2, 0.25) is 0 Å². The van der Waals surface area contributed by atoms with Gasteiger partial charge in [0, 0.05) is 10.4 Å². The maximum Gasteiger partial charge on any atom is 0.298 e. The molecule has 2 aromatic carbocycles. The number of phenolic OH excluding ortho intramolecular Hbond substituents is 1. The van der Waals surface area contributed by atoms with Crippen molar-refractivity contribution in [2.45, 2.75) is 4.90 Å². The predicted octanol–water partition coefficient (Wildman–Crippen LogP) is 2.45. The molecule has 0 bridgehead atoms. The smallest absolute Gasteiger partial charge is 0.298 e. The Morgan fingerprint density at radius 1 is 1.12 bits per heavy atom. The summed E-state index contributed by atoms with van der Waals surface area (Å²) in [5, 5.41) is 10.6. The highest BCUT2D eigenvalue weighted by Gasteiger charge is 2.19. The Morgan fingerprint density at radius 3 is 2.44 bits per heavy atom. The molecule has 4 nitrogen and oxygen atoms in total. The number of fused-ring (bicyclic) bond motifs is 1. The largest absolute Gasteiger partial charge is 0.506 e. The summed E-state index contributed by atoms with van der Waals surface area (Å²) in [6.45, 7) is 0. The molecule has 0 amide bonds. The summed E-state index contributed by atoms with van der Waals surface area (Å²) in [5.41, 5.74) is 0. The topological polar surface area (TPSA) is 74.6 Å². The molecule has 0 spiro atoms. The zero-order valence-corrected chi connectivity index (χ0v) is 9.46. The van der Waals surface area contributed by atoms with Crippen LogP contribution in [0.3, 0.4) is 0 Å². The van der Waals surface area contributed by atoms with Crippen molar-refractivity contribution in [3.63, 3.8) is 0 Å². The van der Waals surface area contributed by atoms with Crippen molar-refractivity contribution >= 4 is 32.5 Å². The molecule has 0 unspecified atom stereocenters. The minimum Gasteiger partial charge on any atom is -0.506 e. The van der Waals surface area contributed by atoms with Gasteiger partial charge < -0.3 is 5.11 Å². The third-order valence-corrected chi connectivity index (χ3v) is 3.35. The van der Waals surface area contributed by atoms with Gasteiger partial charge in [-0.1, -0.05) is 23.7 Å². The lowest BCUT2D eigenvalue weighted by molar-refractivity contribution is 0.445. The molecular weight excluding hydrogens is 252 g/mol. The van der Waals surface area contributed by atoms with E-state index in [-0.39, 0.29) is 5.39 Å². The fourth-order valence-corrected chi connectivity index (χ4v) is 2.51. The Bertz CT molecular complexity index is 664.